The minimum atomic E-state index is -0.590. The van der Waals surface area contributed by atoms with Crippen molar-refractivity contribution in [3.05, 3.63) is 29.6 Å². The molecule has 0 saturated carbocycles. The van der Waals surface area contributed by atoms with E-state index in [9.17, 15) is 14.3 Å². The zero-order valence-electron chi connectivity index (χ0n) is 11.4. The van der Waals surface area contributed by atoms with Crippen LogP contribution in [-0.4, -0.2) is 41.2 Å². The Bertz CT molecular complexity index is 534. The van der Waals surface area contributed by atoms with Gasteiger partial charge in [0.05, 0.1) is 6.10 Å². The van der Waals surface area contributed by atoms with Crippen molar-refractivity contribution < 1.29 is 19.0 Å². The van der Waals surface area contributed by atoms with Crippen molar-refractivity contribution in [2.45, 2.75) is 32.0 Å². The molecule has 3 atom stereocenters. The standard InChI is InChI=1S/C15H18FNO3/c1-9-4-5-17(8-12(9)18)15(19)14-7-10-6-11(16)2-3-13(10)20-14/h2-3,6,9,12,14,18H,4-5,7-8H2,1H3. The molecule has 108 valence electrons. The van der Waals surface area contributed by atoms with E-state index in [1.165, 1.54) is 12.1 Å². The molecule has 1 N–H and O–H groups in total. The van der Waals surface area contributed by atoms with Crippen LogP contribution in [0.25, 0.3) is 0 Å². The molecule has 1 aromatic rings. The Labute approximate surface area is 117 Å². The van der Waals surface area contributed by atoms with Crippen LogP contribution in [0, 0.1) is 11.7 Å². The van der Waals surface area contributed by atoms with E-state index in [4.69, 9.17) is 4.74 Å². The second kappa shape index (κ2) is 5.05. The molecule has 2 aliphatic heterocycles. The maximum absolute atomic E-state index is 13.2. The van der Waals surface area contributed by atoms with Crippen LogP contribution in [0.15, 0.2) is 18.2 Å². The molecule has 3 rings (SSSR count). The van der Waals surface area contributed by atoms with Gasteiger partial charge in [0, 0.05) is 25.1 Å². The lowest BCUT2D eigenvalue weighted by Gasteiger charge is -2.35. The number of piperidine rings is 1. The highest BCUT2D eigenvalue weighted by molar-refractivity contribution is 5.82. The number of rotatable bonds is 1. The smallest absolute Gasteiger partial charge is 0.264 e. The predicted octanol–water partition coefficient (Wildman–Crippen LogP) is 1.36. The van der Waals surface area contributed by atoms with Crippen LogP contribution < -0.4 is 4.74 Å². The largest absolute Gasteiger partial charge is 0.480 e. The molecule has 1 saturated heterocycles. The van der Waals surface area contributed by atoms with Gasteiger partial charge in [0.1, 0.15) is 11.6 Å². The molecule has 5 heteroatoms. The minimum absolute atomic E-state index is 0.118. The quantitative estimate of drug-likeness (QED) is 0.844. The first-order chi connectivity index (χ1) is 9.54. The highest BCUT2D eigenvalue weighted by atomic mass is 19.1. The van der Waals surface area contributed by atoms with E-state index in [1.54, 1.807) is 11.0 Å². The van der Waals surface area contributed by atoms with Gasteiger partial charge in [-0.1, -0.05) is 6.92 Å². The molecule has 3 unspecified atom stereocenters. The molecule has 4 nitrogen and oxygen atoms in total. The van der Waals surface area contributed by atoms with Gasteiger partial charge in [-0.15, -0.1) is 0 Å². The number of carbonyl (C=O) groups is 1. The number of aliphatic hydroxyl groups excluding tert-OH is 1. The fraction of sp³-hybridized carbons (Fsp3) is 0.533. The van der Waals surface area contributed by atoms with Crippen LogP contribution in [0.2, 0.25) is 0 Å². The van der Waals surface area contributed by atoms with Crippen molar-refractivity contribution in [2.24, 2.45) is 5.92 Å². The normalized spacial score (nSPS) is 28.9. The summed E-state index contributed by atoms with van der Waals surface area (Å²) in [7, 11) is 0. The molecule has 1 amide bonds. The second-order valence-electron chi connectivity index (χ2n) is 5.68. The number of ether oxygens (including phenoxy) is 1. The number of likely N-dealkylation sites (tertiary alicyclic amines) is 1. The summed E-state index contributed by atoms with van der Waals surface area (Å²) in [5.41, 5.74) is 0.731. The average molecular weight is 279 g/mol. The number of hydrogen-bond donors (Lipinski definition) is 1. The first-order valence-electron chi connectivity index (χ1n) is 6.96. The number of benzene rings is 1. The van der Waals surface area contributed by atoms with E-state index in [-0.39, 0.29) is 17.6 Å². The molecule has 1 aromatic carbocycles. The van der Waals surface area contributed by atoms with Gasteiger partial charge in [0.2, 0.25) is 0 Å². The van der Waals surface area contributed by atoms with Crippen LogP contribution in [0.5, 0.6) is 5.75 Å². The van der Waals surface area contributed by atoms with Gasteiger partial charge in [-0.05, 0) is 30.5 Å². The summed E-state index contributed by atoms with van der Waals surface area (Å²) in [5.74, 6) is 0.362. The Hall–Kier alpha value is -1.62. The number of aliphatic hydroxyl groups is 1. The van der Waals surface area contributed by atoms with Gasteiger partial charge < -0.3 is 14.7 Å². The average Bonchev–Trinajstić information content (AvgIpc) is 2.84. The molecule has 2 aliphatic rings. The SMILES string of the molecule is CC1CCN(C(=O)C2Cc3cc(F)ccc3O2)CC1O. The van der Waals surface area contributed by atoms with Crippen molar-refractivity contribution >= 4 is 5.91 Å². The highest BCUT2D eigenvalue weighted by Gasteiger charge is 2.35. The molecular weight excluding hydrogens is 261 g/mol. The van der Waals surface area contributed by atoms with E-state index < -0.39 is 12.2 Å². The molecule has 0 aromatic heterocycles. The van der Waals surface area contributed by atoms with Gasteiger partial charge in [-0.25, -0.2) is 4.39 Å². The van der Waals surface area contributed by atoms with Crippen molar-refractivity contribution in [3.63, 3.8) is 0 Å². The van der Waals surface area contributed by atoms with Crippen LogP contribution >= 0.6 is 0 Å². The van der Waals surface area contributed by atoms with E-state index in [0.717, 1.165) is 12.0 Å². The van der Waals surface area contributed by atoms with E-state index in [1.807, 2.05) is 6.92 Å². The van der Waals surface area contributed by atoms with Gasteiger partial charge in [-0.2, -0.15) is 0 Å². The lowest BCUT2D eigenvalue weighted by molar-refractivity contribution is -0.142. The summed E-state index contributed by atoms with van der Waals surface area (Å²) in [6.07, 6.45) is 0.122. The number of amides is 1. The second-order valence-corrected chi connectivity index (χ2v) is 5.68. The number of carbonyl (C=O) groups excluding carboxylic acids is 1. The fourth-order valence-corrected chi connectivity index (χ4v) is 2.81. The van der Waals surface area contributed by atoms with Crippen molar-refractivity contribution in [3.8, 4) is 5.75 Å². The lowest BCUT2D eigenvalue weighted by atomic mass is 9.95. The summed E-state index contributed by atoms with van der Waals surface area (Å²) in [5, 5.41) is 9.87. The third kappa shape index (κ3) is 2.38. The Balaban J connectivity index is 1.68. The fourth-order valence-electron chi connectivity index (χ4n) is 2.81. The van der Waals surface area contributed by atoms with Gasteiger partial charge >= 0.3 is 0 Å². The zero-order chi connectivity index (χ0) is 14.3. The first-order valence-corrected chi connectivity index (χ1v) is 6.96. The third-order valence-corrected chi connectivity index (χ3v) is 4.20. The van der Waals surface area contributed by atoms with Gasteiger partial charge in [0.25, 0.3) is 5.91 Å². The summed E-state index contributed by atoms with van der Waals surface area (Å²) < 4.78 is 18.8. The van der Waals surface area contributed by atoms with E-state index >= 15 is 0 Å². The molecule has 0 aliphatic carbocycles. The van der Waals surface area contributed by atoms with Crippen molar-refractivity contribution in [2.75, 3.05) is 13.1 Å². The van der Waals surface area contributed by atoms with E-state index in [0.29, 0.717) is 25.3 Å². The number of hydrogen-bond acceptors (Lipinski definition) is 3. The Morgan fingerprint density at radius 3 is 3.05 bits per heavy atom. The summed E-state index contributed by atoms with van der Waals surface area (Å²) in [6.45, 7) is 2.98. The summed E-state index contributed by atoms with van der Waals surface area (Å²) >= 11 is 0. The number of nitrogens with zero attached hydrogens (tertiary/aromatic N) is 1. The van der Waals surface area contributed by atoms with Crippen molar-refractivity contribution in [1.29, 1.82) is 0 Å². The molecule has 20 heavy (non-hydrogen) atoms. The minimum Gasteiger partial charge on any atom is -0.480 e. The number of β-amino-alcohol motifs (C(OH)–C–C–N with tert-alkyl or cyclic N) is 1. The molecular formula is C15H18FNO3. The van der Waals surface area contributed by atoms with E-state index in [2.05, 4.69) is 0 Å². The topological polar surface area (TPSA) is 49.8 Å². The van der Waals surface area contributed by atoms with Crippen LogP contribution in [0.1, 0.15) is 18.9 Å². The molecule has 0 spiro atoms. The predicted molar refractivity (Wildman–Crippen MR) is 70.9 cm³/mol. The zero-order valence-corrected chi connectivity index (χ0v) is 11.4. The third-order valence-electron chi connectivity index (χ3n) is 4.20. The highest BCUT2D eigenvalue weighted by Crippen LogP contribution is 2.30. The molecule has 1 fully saturated rings. The van der Waals surface area contributed by atoms with Crippen LogP contribution in [-0.2, 0) is 11.2 Å². The van der Waals surface area contributed by atoms with Gasteiger partial charge in [-0.3, -0.25) is 4.79 Å². The summed E-state index contributed by atoms with van der Waals surface area (Å²) in [6, 6.07) is 4.30. The molecule has 2 heterocycles. The number of fused-ring (bicyclic) bond motifs is 1. The van der Waals surface area contributed by atoms with Crippen LogP contribution in [0.4, 0.5) is 4.39 Å². The number of halogens is 1. The van der Waals surface area contributed by atoms with Crippen molar-refractivity contribution in [1.82, 2.24) is 4.90 Å². The van der Waals surface area contributed by atoms with Gasteiger partial charge in [0.15, 0.2) is 6.10 Å². The summed E-state index contributed by atoms with van der Waals surface area (Å²) in [4.78, 5) is 14.1. The first kappa shape index (κ1) is 13.4. The molecule has 0 bridgehead atoms. The maximum atomic E-state index is 13.2. The maximum Gasteiger partial charge on any atom is 0.264 e. The Morgan fingerprint density at radius 1 is 1.50 bits per heavy atom. The Kier molecular flexibility index (Phi) is 3.38. The lowest BCUT2D eigenvalue weighted by Crippen LogP contribution is -2.50. The Morgan fingerprint density at radius 2 is 2.30 bits per heavy atom. The van der Waals surface area contributed by atoms with Crippen LogP contribution in [0.3, 0.4) is 0 Å². The monoisotopic (exact) mass is 279 g/mol. The molecule has 0 radical (unpaired) electrons.